The molecule has 0 saturated carbocycles. The molecule has 0 amide bonds. The van der Waals surface area contributed by atoms with Gasteiger partial charge in [-0.3, -0.25) is 9.88 Å². The van der Waals surface area contributed by atoms with Gasteiger partial charge in [0.25, 0.3) is 0 Å². The Labute approximate surface area is 159 Å². The summed E-state index contributed by atoms with van der Waals surface area (Å²) in [6.45, 7) is 7.33. The number of ether oxygens (including phenoxy) is 1. The Morgan fingerprint density at radius 2 is 2.04 bits per heavy atom. The highest BCUT2D eigenvalue weighted by Crippen LogP contribution is 2.38. The van der Waals surface area contributed by atoms with Gasteiger partial charge < -0.3 is 19.4 Å². The van der Waals surface area contributed by atoms with Crippen molar-refractivity contribution in [1.29, 1.82) is 0 Å². The number of pyridine rings is 1. The molecule has 0 unspecified atom stereocenters. The van der Waals surface area contributed by atoms with Gasteiger partial charge in [-0.25, -0.2) is 0 Å². The number of morpholine rings is 1. The van der Waals surface area contributed by atoms with Gasteiger partial charge in [-0.05, 0) is 43.4 Å². The second-order valence-electron chi connectivity index (χ2n) is 6.72. The molecule has 2 fully saturated rings. The molecule has 0 aliphatic carbocycles. The maximum absolute atomic E-state index is 5.99. The van der Waals surface area contributed by atoms with Crippen LogP contribution in [0.5, 0.6) is 0 Å². The topological polar surface area (TPSA) is 53.8 Å². The number of hydrogen-bond donors (Lipinski definition) is 1. The smallest absolute Gasteiger partial charge is 0.170 e. The number of hydrogen-bond acceptors (Lipinski definition) is 5. The van der Waals surface area contributed by atoms with Crippen molar-refractivity contribution in [2.75, 3.05) is 39.4 Å². The van der Waals surface area contributed by atoms with E-state index < -0.39 is 0 Å². The first kappa shape index (κ1) is 17.5. The zero-order chi connectivity index (χ0) is 17.9. The molecular weight excluding hydrogens is 348 g/mol. The molecule has 2 aliphatic rings. The van der Waals surface area contributed by atoms with E-state index in [1.807, 2.05) is 43.5 Å². The van der Waals surface area contributed by atoms with Crippen molar-refractivity contribution < 1.29 is 9.15 Å². The van der Waals surface area contributed by atoms with Crippen LogP contribution in [0.2, 0.25) is 0 Å². The summed E-state index contributed by atoms with van der Waals surface area (Å²) in [4.78, 5) is 9.20. The van der Waals surface area contributed by atoms with Crippen molar-refractivity contribution in [2.45, 2.75) is 19.0 Å². The Balaban J connectivity index is 1.57. The Kier molecular flexibility index (Phi) is 5.19. The fourth-order valence-corrected chi connectivity index (χ4v) is 3.97. The van der Waals surface area contributed by atoms with Crippen LogP contribution < -0.4 is 5.32 Å². The van der Waals surface area contributed by atoms with Gasteiger partial charge in [0.1, 0.15) is 17.6 Å². The van der Waals surface area contributed by atoms with E-state index in [0.29, 0.717) is 0 Å². The predicted octanol–water partition coefficient (Wildman–Crippen LogP) is 2.29. The number of nitrogens with zero attached hydrogens (tertiary/aromatic N) is 3. The van der Waals surface area contributed by atoms with Crippen LogP contribution in [0.4, 0.5) is 0 Å². The van der Waals surface area contributed by atoms with E-state index in [1.54, 1.807) is 0 Å². The van der Waals surface area contributed by atoms with Gasteiger partial charge in [0, 0.05) is 32.4 Å². The van der Waals surface area contributed by atoms with E-state index >= 15 is 0 Å². The molecule has 2 aromatic rings. The van der Waals surface area contributed by atoms with Gasteiger partial charge in [0.2, 0.25) is 0 Å². The minimum Gasteiger partial charge on any atom is -0.464 e. The maximum atomic E-state index is 5.99. The lowest BCUT2D eigenvalue weighted by molar-refractivity contribution is 0.0347. The average molecular weight is 372 g/mol. The van der Waals surface area contributed by atoms with Crippen molar-refractivity contribution in [1.82, 2.24) is 20.1 Å². The third-order valence-electron chi connectivity index (χ3n) is 5.01. The predicted molar refractivity (Wildman–Crippen MR) is 103 cm³/mol. The molecule has 0 aromatic carbocycles. The largest absolute Gasteiger partial charge is 0.464 e. The quantitative estimate of drug-likeness (QED) is 0.808. The monoisotopic (exact) mass is 372 g/mol. The van der Waals surface area contributed by atoms with Gasteiger partial charge in [0.15, 0.2) is 5.11 Å². The lowest BCUT2D eigenvalue weighted by atomic mass is 10.0. The fourth-order valence-electron chi connectivity index (χ4n) is 3.64. The van der Waals surface area contributed by atoms with Gasteiger partial charge in [-0.2, -0.15) is 0 Å². The molecule has 4 rings (SSSR count). The van der Waals surface area contributed by atoms with Crippen molar-refractivity contribution >= 4 is 17.3 Å². The van der Waals surface area contributed by atoms with E-state index in [2.05, 4.69) is 20.1 Å². The summed E-state index contributed by atoms with van der Waals surface area (Å²) in [6.07, 6.45) is 1.82. The summed E-state index contributed by atoms with van der Waals surface area (Å²) >= 11 is 5.67. The molecule has 2 aliphatic heterocycles. The summed E-state index contributed by atoms with van der Waals surface area (Å²) in [5, 5.41) is 4.21. The lowest BCUT2D eigenvalue weighted by Gasteiger charge is -2.31. The van der Waals surface area contributed by atoms with Crippen LogP contribution in [0.1, 0.15) is 29.3 Å². The third-order valence-corrected chi connectivity index (χ3v) is 5.36. The summed E-state index contributed by atoms with van der Waals surface area (Å²) < 4.78 is 11.4. The molecular formula is C19H24N4O2S. The summed E-state index contributed by atoms with van der Waals surface area (Å²) in [6, 6.07) is 10.0. The van der Waals surface area contributed by atoms with Crippen molar-refractivity contribution in [3.63, 3.8) is 0 Å². The van der Waals surface area contributed by atoms with Crippen molar-refractivity contribution in [3.8, 4) is 0 Å². The third kappa shape index (κ3) is 3.60. The summed E-state index contributed by atoms with van der Waals surface area (Å²) in [5.74, 6) is 1.83. The lowest BCUT2D eigenvalue weighted by Crippen LogP contribution is -2.42. The number of aromatic nitrogens is 1. The number of furan rings is 1. The van der Waals surface area contributed by atoms with E-state index in [1.165, 1.54) is 0 Å². The van der Waals surface area contributed by atoms with E-state index in [-0.39, 0.29) is 12.1 Å². The molecule has 2 saturated heterocycles. The molecule has 0 spiro atoms. The minimum atomic E-state index is -0.0149. The highest BCUT2D eigenvalue weighted by Gasteiger charge is 2.41. The molecule has 0 bridgehead atoms. The van der Waals surface area contributed by atoms with Crippen LogP contribution in [0, 0.1) is 6.92 Å². The fraction of sp³-hybridized carbons (Fsp3) is 0.474. The van der Waals surface area contributed by atoms with Crippen LogP contribution in [-0.4, -0.2) is 59.3 Å². The van der Waals surface area contributed by atoms with Crippen molar-refractivity contribution in [3.05, 3.63) is 53.7 Å². The van der Waals surface area contributed by atoms with Crippen molar-refractivity contribution in [2.24, 2.45) is 0 Å². The Morgan fingerprint density at radius 3 is 2.73 bits per heavy atom. The highest BCUT2D eigenvalue weighted by molar-refractivity contribution is 7.80. The van der Waals surface area contributed by atoms with Gasteiger partial charge in [0.05, 0.1) is 24.9 Å². The number of thiocarbonyl (C=S) groups is 1. The number of rotatable bonds is 5. The average Bonchev–Trinajstić information content (AvgIpc) is 3.24. The molecule has 138 valence electrons. The number of aryl methyl sites for hydroxylation is 1. The highest BCUT2D eigenvalue weighted by atomic mass is 32.1. The van der Waals surface area contributed by atoms with Crippen LogP contribution in [0.15, 0.2) is 40.9 Å². The second kappa shape index (κ2) is 7.73. The van der Waals surface area contributed by atoms with Crippen LogP contribution in [-0.2, 0) is 4.74 Å². The summed E-state index contributed by atoms with van der Waals surface area (Å²) in [7, 11) is 0. The molecule has 1 N–H and O–H groups in total. The first-order valence-electron chi connectivity index (χ1n) is 9.07. The molecule has 0 radical (unpaired) electrons. The van der Waals surface area contributed by atoms with E-state index in [4.69, 9.17) is 21.4 Å². The maximum Gasteiger partial charge on any atom is 0.170 e. The Hall–Kier alpha value is -1.96. The van der Waals surface area contributed by atoms with Crippen LogP contribution in [0.25, 0.3) is 0 Å². The molecule has 6 nitrogen and oxygen atoms in total. The van der Waals surface area contributed by atoms with Gasteiger partial charge in [-0.15, -0.1) is 0 Å². The van der Waals surface area contributed by atoms with E-state index in [9.17, 15) is 0 Å². The van der Waals surface area contributed by atoms with Crippen LogP contribution >= 0.6 is 12.2 Å². The molecule has 2 aromatic heterocycles. The minimum absolute atomic E-state index is 0.00661. The second-order valence-corrected chi connectivity index (χ2v) is 7.11. The number of nitrogens with one attached hydrogen (secondary N) is 1. The molecule has 2 atom stereocenters. The molecule has 4 heterocycles. The van der Waals surface area contributed by atoms with Crippen LogP contribution in [0.3, 0.4) is 0 Å². The normalized spacial score (nSPS) is 24.0. The van der Waals surface area contributed by atoms with Gasteiger partial charge >= 0.3 is 0 Å². The first-order chi connectivity index (χ1) is 12.7. The molecule has 7 heteroatoms. The summed E-state index contributed by atoms with van der Waals surface area (Å²) in [5.41, 5.74) is 0.975. The SMILES string of the molecule is Cc1ccc([C@@H]2[C@@H](c3ccccn3)NC(=S)N2CCN2CCOCC2)o1. The molecule has 26 heavy (non-hydrogen) atoms. The Morgan fingerprint density at radius 1 is 1.19 bits per heavy atom. The van der Waals surface area contributed by atoms with E-state index in [0.717, 1.165) is 61.7 Å². The zero-order valence-corrected chi connectivity index (χ0v) is 15.7. The zero-order valence-electron chi connectivity index (χ0n) is 14.9. The first-order valence-corrected chi connectivity index (χ1v) is 9.48. The standard InChI is InChI=1S/C19H24N4O2S/c1-14-5-6-16(25-14)18-17(15-4-2-3-7-20-15)21-19(26)23(18)9-8-22-10-12-24-13-11-22/h2-7,17-18H,8-13H2,1H3,(H,21,26)/t17-,18-/m1/s1. The van der Waals surface area contributed by atoms with Gasteiger partial charge in [-0.1, -0.05) is 6.07 Å². The Bertz CT molecular complexity index is 745.